The second kappa shape index (κ2) is 9.20. The second-order valence-corrected chi connectivity index (χ2v) is 6.16. The highest BCUT2D eigenvalue weighted by atomic mass is 16.5. The third kappa shape index (κ3) is 5.89. The molecule has 0 heterocycles. The first-order chi connectivity index (χ1) is 12.0. The first kappa shape index (κ1) is 19.0. The number of anilines is 1. The Morgan fingerprint density at radius 3 is 2.48 bits per heavy atom. The third-order valence-electron chi connectivity index (χ3n) is 4.07. The molecular weight excluding hydrogens is 316 g/mol. The van der Waals surface area contributed by atoms with Crippen LogP contribution in [0.4, 0.5) is 5.69 Å². The summed E-state index contributed by atoms with van der Waals surface area (Å²) in [5.41, 5.74) is 2.70. The molecule has 5 heteroatoms. The van der Waals surface area contributed by atoms with Crippen LogP contribution in [0.3, 0.4) is 0 Å². The molecule has 0 bridgehead atoms. The van der Waals surface area contributed by atoms with E-state index in [1.54, 1.807) is 31.4 Å². The molecule has 0 aliphatic heterocycles. The molecule has 2 aromatic rings. The van der Waals surface area contributed by atoms with Gasteiger partial charge in [-0.05, 0) is 49.2 Å². The Hall–Kier alpha value is -2.37. The fourth-order valence-corrected chi connectivity index (χ4v) is 2.62. The van der Waals surface area contributed by atoms with Crippen molar-refractivity contribution in [2.45, 2.75) is 32.4 Å². The van der Waals surface area contributed by atoms with Gasteiger partial charge in [0.1, 0.15) is 5.75 Å². The Labute approximate surface area is 149 Å². The van der Waals surface area contributed by atoms with Gasteiger partial charge in [-0.25, -0.2) is 0 Å². The number of benzene rings is 2. The normalized spacial score (nSPS) is 13.1. The molecule has 2 aromatic carbocycles. The molecule has 3 N–H and O–H groups in total. The van der Waals surface area contributed by atoms with E-state index in [1.807, 2.05) is 38.1 Å². The molecule has 2 atom stereocenters. The molecule has 5 nitrogen and oxygen atoms in total. The highest BCUT2D eigenvalue weighted by Crippen LogP contribution is 2.17. The zero-order valence-corrected chi connectivity index (χ0v) is 15.0. The SMILES string of the molecule is COc1ccc(NC(=O)CC(C)NCC(O)c2ccccc2C)cc1. The van der Waals surface area contributed by atoms with Crippen molar-refractivity contribution in [2.24, 2.45) is 0 Å². The van der Waals surface area contributed by atoms with E-state index in [0.717, 1.165) is 22.6 Å². The van der Waals surface area contributed by atoms with Crippen LogP contribution >= 0.6 is 0 Å². The number of aliphatic hydroxyl groups excluding tert-OH is 1. The van der Waals surface area contributed by atoms with E-state index >= 15 is 0 Å². The lowest BCUT2D eigenvalue weighted by molar-refractivity contribution is -0.116. The van der Waals surface area contributed by atoms with Crippen LogP contribution < -0.4 is 15.4 Å². The molecule has 0 aliphatic rings. The van der Waals surface area contributed by atoms with Crippen molar-refractivity contribution in [1.29, 1.82) is 0 Å². The molecule has 0 saturated carbocycles. The van der Waals surface area contributed by atoms with Crippen LogP contribution in [0.2, 0.25) is 0 Å². The Bertz CT molecular complexity index is 686. The maximum Gasteiger partial charge on any atom is 0.225 e. The summed E-state index contributed by atoms with van der Waals surface area (Å²) in [5, 5.41) is 16.4. The number of ether oxygens (including phenoxy) is 1. The van der Waals surface area contributed by atoms with Crippen molar-refractivity contribution in [1.82, 2.24) is 5.32 Å². The van der Waals surface area contributed by atoms with Gasteiger partial charge in [-0.2, -0.15) is 0 Å². The predicted molar refractivity (Wildman–Crippen MR) is 99.8 cm³/mol. The first-order valence-electron chi connectivity index (χ1n) is 8.40. The molecule has 0 spiro atoms. The summed E-state index contributed by atoms with van der Waals surface area (Å²) in [5.74, 6) is 0.675. The molecule has 25 heavy (non-hydrogen) atoms. The zero-order chi connectivity index (χ0) is 18.2. The number of rotatable bonds is 8. The summed E-state index contributed by atoms with van der Waals surface area (Å²) in [7, 11) is 1.60. The molecular formula is C20H26N2O3. The highest BCUT2D eigenvalue weighted by molar-refractivity contribution is 5.91. The molecule has 0 fully saturated rings. The smallest absolute Gasteiger partial charge is 0.225 e. The summed E-state index contributed by atoms with van der Waals surface area (Å²) in [6, 6.07) is 14.9. The lowest BCUT2D eigenvalue weighted by atomic mass is 10.0. The Morgan fingerprint density at radius 1 is 1.16 bits per heavy atom. The van der Waals surface area contributed by atoms with Gasteiger partial charge < -0.3 is 20.5 Å². The van der Waals surface area contributed by atoms with Gasteiger partial charge in [-0.15, -0.1) is 0 Å². The van der Waals surface area contributed by atoms with Crippen LogP contribution in [0.15, 0.2) is 48.5 Å². The predicted octanol–water partition coefficient (Wildman–Crippen LogP) is 3.04. The van der Waals surface area contributed by atoms with Crippen LogP contribution in [-0.2, 0) is 4.79 Å². The van der Waals surface area contributed by atoms with Crippen molar-refractivity contribution in [3.05, 3.63) is 59.7 Å². The molecule has 2 rings (SSSR count). The van der Waals surface area contributed by atoms with E-state index in [4.69, 9.17) is 4.74 Å². The number of aryl methyl sites for hydroxylation is 1. The number of hydrogen-bond donors (Lipinski definition) is 3. The minimum absolute atomic E-state index is 0.0445. The van der Waals surface area contributed by atoms with Gasteiger partial charge in [-0.3, -0.25) is 4.79 Å². The molecule has 2 unspecified atom stereocenters. The van der Waals surface area contributed by atoms with Crippen LogP contribution in [0, 0.1) is 6.92 Å². The molecule has 0 aromatic heterocycles. The number of carbonyl (C=O) groups is 1. The van der Waals surface area contributed by atoms with Crippen LogP contribution in [0.1, 0.15) is 30.6 Å². The maximum absolute atomic E-state index is 12.1. The molecule has 0 radical (unpaired) electrons. The van der Waals surface area contributed by atoms with Gasteiger partial charge >= 0.3 is 0 Å². The number of carbonyl (C=O) groups excluding carboxylic acids is 1. The van der Waals surface area contributed by atoms with Gasteiger partial charge in [0, 0.05) is 24.7 Å². The van der Waals surface area contributed by atoms with Crippen LogP contribution in [0.25, 0.3) is 0 Å². The van der Waals surface area contributed by atoms with Crippen LogP contribution in [-0.4, -0.2) is 30.7 Å². The number of hydrogen-bond acceptors (Lipinski definition) is 4. The van der Waals surface area contributed by atoms with Crippen molar-refractivity contribution in [3.63, 3.8) is 0 Å². The number of methoxy groups -OCH3 is 1. The molecule has 1 amide bonds. The summed E-state index contributed by atoms with van der Waals surface area (Å²) < 4.78 is 5.09. The minimum Gasteiger partial charge on any atom is -0.497 e. The van der Waals surface area contributed by atoms with E-state index in [9.17, 15) is 9.90 Å². The fourth-order valence-electron chi connectivity index (χ4n) is 2.62. The van der Waals surface area contributed by atoms with Gasteiger partial charge in [-0.1, -0.05) is 24.3 Å². The lowest BCUT2D eigenvalue weighted by Gasteiger charge is -2.18. The minimum atomic E-state index is -0.590. The Morgan fingerprint density at radius 2 is 1.84 bits per heavy atom. The maximum atomic E-state index is 12.1. The second-order valence-electron chi connectivity index (χ2n) is 6.16. The highest BCUT2D eigenvalue weighted by Gasteiger charge is 2.13. The number of nitrogens with one attached hydrogen (secondary N) is 2. The van der Waals surface area contributed by atoms with Crippen molar-refractivity contribution in [2.75, 3.05) is 19.0 Å². The standard InChI is InChI=1S/C20H26N2O3/c1-14-6-4-5-7-18(14)19(23)13-21-15(2)12-20(24)22-16-8-10-17(25-3)11-9-16/h4-11,15,19,21,23H,12-13H2,1-3H3,(H,22,24). The summed E-state index contributed by atoms with van der Waals surface area (Å²) in [4.78, 5) is 12.1. The summed E-state index contributed by atoms with van der Waals surface area (Å²) in [6.07, 6.45) is -0.264. The third-order valence-corrected chi connectivity index (χ3v) is 4.07. The topological polar surface area (TPSA) is 70.6 Å². The van der Waals surface area contributed by atoms with Gasteiger partial charge in [0.25, 0.3) is 0 Å². The first-order valence-corrected chi connectivity index (χ1v) is 8.40. The average Bonchev–Trinajstić information content (AvgIpc) is 2.60. The van der Waals surface area contributed by atoms with Crippen molar-refractivity contribution < 1.29 is 14.6 Å². The van der Waals surface area contributed by atoms with E-state index in [1.165, 1.54) is 0 Å². The quantitative estimate of drug-likeness (QED) is 0.690. The average molecular weight is 342 g/mol. The van der Waals surface area contributed by atoms with Crippen LogP contribution in [0.5, 0.6) is 5.75 Å². The van der Waals surface area contributed by atoms with E-state index in [2.05, 4.69) is 10.6 Å². The largest absolute Gasteiger partial charge is 0.497 e. The van der Waals surface area contributed by atoms with E-state index in [-0.39, 0.29) is 11.9 Å². The molecule has 134 valence electrons. The summed E-state index contributed by atoms with van der Waals surface area (Å²) in [6.45, 7) is 4.31. The number of aliphatic hydroxyl groups is 1. The van der Waals surface area contributed by atoms with Crippen molar-refractivity contribution >= 4 is 11.6 Å². The van der Waals surface area contributed by atoms with E-state index in [0.29, 0.717) is 13.0 Å². The summed E-state index contributed by atoms with van der Waals surface area (Å²) >= 11 is 0. The van der Waals surface area contributed by atoms with Gasteiger partial charge in [0.05, 0.1) is 13.2 Å². The lowest BCUT2D eigenvalue weighted by Crippen LogP contribution is -2.33. The zero-order valence-electron chi connectivity index (χ0n) is 15.0. The molecule has 0 saturated heterocycles. The van der Waals surface area contributed by atoms with Crippen molar-refractivity contribution in [3.8, 4) is 5.75 Å². The van der Waals surface area contributed by atoms with E-state index < -0.39 is 6.10 Å². The molecule has 0 aliphatic carbocycles. The van der Waals surface area contributed by atoms with Gasteiger partial charge in [0.15, 0.2) is 0 Å². The Kier molecular flexibility index (Phi) is 6.98. The van der Waals surface area contributed by atoms with Gasteiger partial charge in [0.2, 0.25) is 5.91 Å². The number of amides is 1. The monoisotopic (exact) mass is 342 g/mol. The fraction of sp³-hybridized carbons (Fsp3) is 0.350. The Balaban J connectivity index is 1.78.